The number of hydrogen-bond donors (Lipinski definition) is 1. The summed E-state index contributed by atoms with van der Waals surface area (Å²) in [7, 11) is 0. The van der Waals surface area contributed by atoms with Crippen LogP contribution < -0.4 is 16.0 Å². The molecule has 0 atom stereocenters. The van der Waals surface area contributed by atoms with Crippen molar-refractivity contribution in [1.29, 1.82) is 0 Å². The molecule has 0 spiro atoms. The predicted molar refractivity (Wildman–Crippen MR) is 94.9 cm³/mol. The number of benzene rings is 2. The summed E-state index contributed by atoms with van der Waals surface area (Å²) in [5.74, 6) is -1.99. The predicted octanol–water partition coefficient (Wildman–Crippen LogP) is 1.02. The highest BCUT2D eigenvalue weighted by Crippen LogP contribution is 2.16. The van der Waals surface area contributed by atoms with Crippen molar-refractivity contribution >= 4 is 28.3 Å². The molecule has 0 aliphatic rings. The monoisotopic (exact) mass is 350 g/mol. The van der Waals surface area contributed by atoms with Gasteiger partial charge >= 0.3 is 0 Å². The molecule has 0 aliphatic heterocycles. The van der Waals surface area contributed by atoms with Crippen LogP contribution in [0.5, 0.6) is 0 Å². The maximum atomic E-state index is 12.5. The van der Waals surface area contributed by atoms with Crippen LogP contribution in [-0.2, 0) is 11.3 Å². The molecule has 0 saturated heterocycles. The number of nitrogens with zero attached hydrogens (tertiary/aromatic N) is 2. The van der Waals surface area contributed by atoms with Crippen molar-refractivity contribution in [2.75, 3.05) is 5.32 Å². The van der Waals surface area contributed by atoms with Crippen LogP contribution in [0.25, 0.3) is 10.8 Å². The standard InChI is InChI=1S/C19H17N3O4/c1-11-7-8-15(12(2)9-11)20-16(23)10-22-18(24)14-6-4-3-5-13(14)17(21-22)19(25)26/h3-9H,10H2,1-2H3,(H,20,23)(H,25,26)/p-1. The van der Waals surface area contributed by atoms with Crippen LogP contribution in [0.3, 0.4) is 0 Å². The Morgan fingerprint density at radius 1 is 1.12 bits per heavy atom. The van der Waals surface area contributed by atoms with Gasteiger partial charge in [0.25, 0.3) is 5.56 Å². The lowest BCUT2D eigenvalue weighted by Crippen LogP contribution is -2.34. The highest BCUT2D eigenvalue weighted by molar-refractivity contribution is 6.00. The fourth-order valence-electron chi connectivity index (χ4n) is 2.77. The quantitative estimate of drug-likeness (QED) is 0.756. The number of nitrogens with one attached hydrogen (secondary N) is 1. The van der Waals surface area contributed by atoms with E-state index in [2.05, 4.69) is 10.4 Å². The van der Waals surface area contributed by atoms with E-state index in [4.69, 9.17) is 0 Å². The molecule has 1 aromatic heterocycles. The minimum atomic E-state index is -1.51. The second kappa shape index (κ2) is 6.79. The summed E-state index contributed by atoms with van der Waals surface area (Å²) in [5, 5.41) is 18.2. The molecular formula is C19H16N3O4-. The highest BCUT2D eigenvalue weighted by Gasteiger charge is 2.14. The van der Waals surface area contributed by atoms with Gasteiger partial charge in [-0.1, -0.05) is 35.9 Å². The number of carbonyl (C=O) groups is 2. The molecule has 1 N–H and O–H groups in total. The molecule has 0 saturated carbocycles. The highest BCUT2D eigenvalue weighted by atomic mass is 16.4. The maximum Gasteiger partial charge on any atom is 0.275 e. The van der Waals surface area contributed by atoms with E-state index in [1.807, 2.05) is 26.0 Å². The van der Waals surface area contributed by atoms with E-state index in [1.165, 1.54) is 12.1 Å². The van der Waals surface area contributed by atoms with Crippen LogP contribution in [0.15, 0.2) is 47.3 Å². The van der Waals surface area contributed by atoms with Crippen molar-refractivity contribution in [2.24, 2.45) is 0 Å². The lowest BCUT2D eigenvalue weighted by Gasteiger charge is -2.12. The molecule has 7 nitrogen and oxygen atoms in total. The average Bonchev–Trinajstić information content (AvgIpc) is 2.59. The molecule has 7 heteroatoms. The fraction of sp³-hybridized carbons (Fsp3) is 0.158. The Morgan fingerprint density at radius 3 is 2.46 bits per heavy atom. The molecule has 26 heavy (non-hydrogen) atoms. The zero-order valence-electron chi connectivity index (χ0n) is 14.3. The van der Waals surface area contributed by atoms with Crippen molar-refractivity contribution in [2.45, 2.75) is 20.4 Å². The summed E-state index contributed by atoms with van der Waals surface area (Å²) >= 11 is 0. The number of aromatic nitrogens is 2. The van der Waals surface area contributed by atoms with E-state index < -0.39 is 24.0 Å². The van der Waals surface area contributed by atoms with Gasteiger partial charge < -0.3 is 15.2 Å². The Kier molecular flexibility index (Phi) is 4.53. The van der Waals surface area contributed by atoms with E-state index in [1.54, 1.807) is 18.2 Å². The second-order valence-corrected chi connectivity index (χ2v) is 6.01. The SMILES string of the molecule is Cc1ccc(NC(=O)Cn2nc(C(=O)[O-])c3ccccc3c2=O)c(C)c1. The van der Waals surface area contributed by atoms with Crippen molar-refractivity contribution in [1.82, 2.24) is 9.78 Å². The number of carboxylic acid groups (broad SMARTS) is 1. The molecule has 1 heterocycles. The van der Waals surface area contributed by atoms with Crippen LogP contribution in [0, 0.1) is 13.8 Å². The van der Waals surface area contributed by atoms with Crippen molar-refractivity contribution < 1.29 is 14.7 Å². The molecule has 0 unspecified atom stereocenters. The maximum absolute atomic E-state index is 12.5. The number of carbonyl (C=O) groups excluding carboxylic acids is 2. The normalized spacial score (nSPS) is 10.7. The van der Waals surface area contributed by atoms with Crippen molar-refractivity contribution in [3.63, 3.8) is 0 Å². The summed E-state index contributed by atoms with van der Waals surface area (Å²) in [5.41, 5.74) is 1.65. The third kappa shape index (κ3) is 3.32. The number of carboxylic acids is 1. The summed E-state index contributed by atoms with van der Waals surface area (Å²) in [4.78, 5) is 36.2. The van der Waals surface area contributed by atoms with Gasteiger partial charge in [-0.3, -0.25) is 9.59 Å². The van der Waals surface area contributed by atoms with Crippen LogP contribution in [0.2, 0.25) is 0 Å². The molecule has 3 rings (SSSR count). The minimum Gasteiger partial charge on any atom is -0.543 e. The molecule has 0 bridgehead atoms. The molecule has 0 fully saturated rings. The number of fused-ring (bicyclic) bond motifs is 1. The van der Waals surface area contributed by atoms with Crippen molar-refractivity contribution in [3.8, 4) is 0 Å². The van der Waals surface area contributed by atoms with E-state index in [-0.39, 0.29) is 16.5 Å². The van der Waals surface area contributed by atoms with Gasteiger partial charge in [-0.15, -0.1) is 0 Å². The average molecular weight is 350 g/mol. The zero-order chi connectivity index (χ0) is 18.8. The Hall–Kier alpha value is -3.48. The van der Waals surface area contributed by atoms with Crippen LogP contribution in [0.1, 0.15) is 21.6 Å². The van der Waals surface area contributed by atoms with Gasteiger partial charge in [0.2, 0.25) is 5.91 Å². The van der Waals surface area contributed by atoms with Gasteiger partial charge in [0.15, 0.2) is 0 Å². The first-order chi connectivity index (χ1) is 12.4. The zero-order valence-corrected chi connectivity index (χ0v) is 14.3. The third-order valence-corrected chi connectivity index (χ3v) is 4.01. The summed E-state index contributed by atoms with van der Waals surface area (Å²) in [6, 6.07) is 11.7. The Balaban J connectivity index is 1.95. The lowest BCUT2D eigenvalue weighted by molar-refractivity contribution is -0.255. The first kappa shape index (κ1) is 17.3. The molecule has 132 valence electrons. The van der Waals surface area contributed by atoms with Crippen LogP contribution >= 0.6 is 0 Å². The Bertz CT molecular complexity index is 1090. The number of rotatable bonds is 4. The second-order valence-electron chi connectivity index (χ2n) is 6.01. The first-order valence-corrected chi connectivity index (χ1v) is 7.95. The van der Waals surface area contributed by atoms with E-state index >= 15 is 0 Å². The van der Waals surface area contributed by atoms with Gasteiger partial charge in [-0.2, -0.15) is 5.10 Å². The summed E-state index contributed by atoms with van der Waals surface area (Å²) < 4.78 is 0.840. The number of anilines is 1. The van der Waals surface area contributed by atoms with Gasteiger partial charge in [0.1, 0.15) is 12.2 Å². The number of aryl methyl sites for hydroxylation is 2. The molecule has 3 aromatic rings. The summed E-state index contributed by atoms with van der Waals surface area (Å²) in [6.45, 7) is 3.40. The smallest absolute Gasteiger partial charge is 0.275 e. The van der Waals surface area contributed by atoms with Gasteiger partial charge in [0.05, 0.1) is 11.4 Å². The molecular weight excluding hydrogens is 334 g/mol. The lowest BCUT2D eigenvalue weighted by atomic mass is 10.1. The largest absolute Gasteiger partial charge is 0.543 e. The Labute approximate surface area is 148 Å². The van der Waals surface area contributed by atoms with E-state index in [0.29, 0.717) is 5.69 Å². The summed E-state index contributed by atoms with van der Waals surface area (Å²) in [6.07, 6.45) is 0. The van der Waals surface area contributed by atoms with Gasteiger partial charge in [-0.25, -0.2) is 4.68 Å². The molecule has 1 amide bonds. The fourth-order valence-corrected chi connectivity index (χ4v) is 2.77. The minimum absolute atomic E-state index is 0.168. The van der Waals surface area contributed by atoms with E-state index in [9.17, 15) is 19.5 Å². The van der Waals surface area contributed by atoms with E-state index in [0.717, 1.165) is 15.8 Å². The Morgan fingerprint density at radius 2 is 1.81 bits per heavy atom. The molecule has 2 aromatic carbocycles. The van der Waals surface area contributed by atoms with Gasteiger partial charge in [0, 0.05) is 11.1 Å². The number of hydrogen-bond acceptors (Lipinski definition) is 5. The molecule has 0 aliphatic carbocycles. The van der Waals surface area contributed by atoms with Gasteiger partial charge in [-0.05, 0) is 31.5 Å². The number of amides is 1. The first-order valence-electron chi connectivity index (χ1n) is 7.95. The molecule has 0 radical (unpaired) electrons. The topological polar surface area (TPSA) is 104 Å². The van der Waals surface area contributed by atoms with Crippen molar-refractivity contribution in [3.05, 3.63) is 69.6 Å². The third-order valence-electron chi connectivity index (χ3n) is 4.01. The number of aromatic carboxylic acids is 1. The van der Waals surface area contributed by atoms with Crippen LogP contribution in [-0.4, -0.2) is 21.7 Å². The van der Waals surface area contributed by atoms with Crippen LogP contribution in [0.4, 0.5) is 5.69 Å².